The Labute approximate surface area is 235 Å². The molecule has 2 atom stereocenters. The number of hydrogen-bond donors (Lipinski definition) is 1. The lowest BCUT2D eigenvalue weighted by Gasteiger charge is -2.41. The van der Waals surface area contributed by atoms with Gasteiger partial charge in [0.1, 0.15) is 17.7 Å². The maximum absolute atomic E-state index is 13.5. The van der Waals surface area contributed by atoms with E-state index in [-0.39, 0.29) is 12.2 Å². The van der Waals surface area contributed by atoms with Crippen LogP contribution in [0.4, 0.5) is 17.1 Å². The predicted octanol–water partition coefficient (Wildman–Crippen LogP) is 7.91. The summed E-state index contributed by atoms with van der Waals surface area (Å²) >= 11 is 0. The van der Waals surface area contributed by atoms with Crippen molar-refractivity contribution in [2.45, 2.75) is 45.9 Å². The molecular formula is C34H34N2O4. The molecule has 6 heteroatoms. The number of rotatable bonds is 8. The van der Waals surface area contributed by atoms with Crippen molar-refractivity contribution in [1.29, 1.82) is 0 Å². The Morgan fingerprint density at radius 3 is 2.42 bits per heavy atom. The van der Waals surface area contributed by atoms with Gasteiger partial charge >= 0.3 is 5.97 Å². The van der Waals surface area contributed by atoms with Gasteiger partial charge in [0.05, 0.1) is 16.8 Å². The lowest BCUT2D eigenvalue weighted by atomic mass is 9.76. The molecule has 4 aromatic carbocycles. The minimum Gasteiger partial charge on any atom is -0.456 e. The molecule has 0 aromatic heterocycles. The first-order chi connectivity index (χ1) is 19.5. The van der Waals surface area contributed by atoms with Crippen LogP contribution in [0.25, 0.3) is 0 Å². The van der Waals surface area contributed by atoms with Crippen LogP contribution in [-0.4, -0.2) is 25.3 Å². The molecule has 6 rings (SSSR count). The second-order valence-electron chi connectivity index (χ2n) is 10.1. The van der Waals surface area contributed by atoms with E-state index in [0.29, 0.717) is 30.2 Å². The molecule has 0 aliphatic carbocycles. The van der Waals surface area contributed by atoms with E-state index in [4.69, 9.17) is 14.2 Å². The van der Waals surface area contributed by atoms with Crippen molar-refractivity contribution in [1.82, 2.24) is 0 Å². The minimum atomic E-state index is -1.19. The van der Waals surface area contributed by atoms with Crippen molar-refractivity contribution in [2.75, 3.05) is 23.4 Å². The molecule has 204 valence electrons. The zero-order valence-electron chi connectivity index (χ0n) is 23.4. The topological polar surface area (TPSA) is 60.0 Å². The van der Waals surface area contributed by atoms with Crippen LogP contribution in [0.15, 0.2) is 84.9 Å². The number of nitrogens with zero attached hydrogens (tertiary/aromatic N) is 1. The number of esters is 1. The highest BCUT2D eigenvalue weighted by Gasteiger charge is 2.55. The molecule has 1 N–H and O–H groups in total. The first kappa shape index (κ1) is 26.0. The Morgan fingerprint density at radius 2 is 1.68 bits per heavy atom. The fourth-order valence-corrected chi connectivity index (χ4v) is 6.06. The molecule has 0 saturated carbocycles. The first-order valence-corrected chi connectivity index (χ1v) is 14.0. The quantitative estimate of drug-likeness (QED) is 0.183. The SMILES string of the molecule is CCOC(CC)N(CC)c1cccc2c1C1(OC(=O)c3ccccc31)c1cc(Nc3ccccc3)c(C)cc1O2. The molecule has 2 unspecified atom stereocenters. The Morgan fingerprint density at radius 1 is 0.900 bits per heavy atom. The van der Waals surface area contributed by atoms with Crippen molar-refractivity contribution in [3.8, 4) is 11.5 Å². The molecular weight excluding hydrogens is 500 g/mol. The second kappa shape index (κ2) is 10.4. The summed E-state index contributed by atoms with van der Waals surface area (Å²) in [6, 6.07) is 27.9. The van der Waals surface area contributed by atoms with Gasteiger partial charge in [-0.25, -0.2) is 4.79 Å². The normalized spacial score (nSPS) is 17.4. The van der Waals surface area contributed by atoms with Gasteiger partial charge in [0, 0.05) is 35.7 Å². The summed E-state index contributed by atoms with van der Waals surface area (Å²) in [5.74, 6) is 0.995. The van der Waals surface area contributed by atoms with E-state index in [0.717, 1.165) is 45.7 Å². The van der Waals surface area contributed by atoms with Gasteiger partial charge in [-0.2, -0.15) is 0 Å². The van der Waals surface area contributed by atoms with Gasteiger partial charge in [-0.15, -0.1) is 0 Å². The molecule has 6 nitrogen and oxygen atoms in total. The van der Waals surface area contributed by atoms with Crippen LogP contribution in [0.2, 0.25) is 0 Å². The van der Waals surface area contributed by atoms with Crippen molar-refractivity contribution in [3.05, 3.63) is 113 Å². The summed E-state index contributed by atoms with van der Waals surface area (Å²) in [6.45, 7) is 9.61. The maximum Gasteiger partial charge on any atom is 0.340 e. The Balaban J connectivity index is 1.63. The van der Waals surface area contributed by atoms with E-state index >= 15 is 0 Å². The highest BCUT2D eigenvalue weighted by molar-refractivity contribution is 5.98. The highest BCUT2D eigenvalue weighted by atomic mass is 16.6. The van der Waals surface area contributed by atoms with Gasteiger partial charge in [-0.1, -0.05) is 49.4 Å². The molecule has 2 heterocycles. The summed E-state index contributed by atoms with van der Waals surface area (Å²) in [6.07, 6.45) is 0.664. The average molecular weight is 535 g/mol. The van der Waals surface area contributed by atoms with E-state index in [2.05, 4.69) is 43.1 Å². The Hall–Kier alpha value is -4.29. The first-order valence-electron chi connectivity index (χ1n) is 14.0. The number of aryl methyl sites for hydroxylation is 1. The smallest absolute Gasteiger partial charge is 0.340 e. The zero-order chi connectivity index (χ0) is 27.9. The average Bonchev–Trinajstić information content (AvgIpc) is 3.27. The zero-order valence-corrected chi connectivity index (χ0v) is 23.4. The standard InChI is InChI=1S/C34H34N2O4/c1-5-31(38-7-3)36(6-2)28-18-13-19-29-32(28)34(25-17-12-11-16-24(25)33(37)40-34)26-21-27(22(4)20-30(26)39-29)35-23-14-9-8-10-15-23/h8-21,31,35H,5-7H2,1-4H3. The van der Waals surface area contributed by atoms with Crippen LogP contribution in [0.3, 0.4) is 0 Å². The molecule has 0 fully saturated rings. The number of nitrogens with one attached hydrogen (secondary N) is 1. The van der Waals surface area contributed by atoms with Crippen LogP contribution in [0.1, 0.15) is 59.8 Å². The molecule has 0 radical (unpaired) electrons. The molecule has 1 spiro atoms. The number of carbonyl (C=O) groups is 1. The third kappa shape index (κ3) is 4.02. The van der Waals surface area contributed by atoms with Crippen molar-refractivity contribution < 1.29 is 19.0 Å². The van der Waals surface area contributed by atoms with E-state index in [1.54, 1.807) is 0 Å². The van der Waals surface area contributed by atoms with E-state index in [1.165, 1.54) is 0 Å². The number of para-hydroxylation sites is 1. The lowest BCUT2D eigenvalue weighted by Crippen LogP contribution is -2.41. The number of ether oxygens (including phenoxy) is 3. The summed E-state index contributed by atoms with van der Waals surface area (Å²) in [5, 5.41) is 3.55. The Bertz CT molecular complexity index is 1570. The van der Waals surface area contributed by atoms with E-state index < -0.39 is 5.60 Å². The summed E-state index contributed by atoms with van der Waals surface area (Å²) < 4.78 is 19.3. The summed E-state index contributed by atoms with van der Waals surface area (Å²) in [5.41, 5.74) is 5.63. The molecule has 4 aromatic rings. The van der Waals surface area contributed by atoms with Gasteiger partial charge in [-0.05, 0) is 75.2 Å². The van der Waals surface area contributed by atoms with Gasteiger partial charge in [0.15, 0.2) is 5.60 Å². The summed E-state index contributed by atoms with van der Waals surface area (Å²) in [7, 11) is 0. The Kier molecular flexibility index (Phi) is 6.72. The number of carbonyl (C=O) groups excluding carboxylic acids is 1. The van der Waals surface area contributed by atoms with Crippen molar-refractivity contribution in [2.24, 2.45) is 0 Å². The molecule has 2 aliphatic heterocycles. The molecule has 40 heavy (non-hydrogen) atoms. The minimum absolute atomic E-state index is 0.138. The molecule has 0 bridgehead atoms. The monoisotopic (exact) mass is 534 g/mol. The molecule has 0 saturated heterocycles. The van der Waals surface area contributed by atoms with Crippen molar-refractivity contribution >= 4 is 23.0 Å². The van der Waals surface area contributed by atoms with Crippen LogP contribution in [-0.2, 0) is 15.1 Å². The lowest BCUT2D eigenvalue weighted by molar-refractivity contribution is 0.0221. The number of benzene rings is 4. The molecule has 0 amide bonds. The van der Waals surface area contributed by atoms with Gasteiger partial charge in [0.2, 0.25) is 0 Å². The van der Waals surface area contributed by atoms with Crippen molar-refractivity contribution in [3.63, 3.8) is 0 Å². The van der Waals surface area contributed by atoms with E-state index in [9.17, 15) is 4.79 Å². The van der Waals surface area contributed by atoms with Crippen LogP contribution < -0.4 is 15.0 Å². The van der Waals surface area contributed by atoms with Crippen LogP contribution in [0, 0.1) is 6.92 Å². The third-order valence-electron chi connectivity index (χ3n) is 7.81. The van der Waals surface area contributed by atoms with Gasteiger partial charge in [0.25, 0.3) is 0 Å². The largest absolute Gasteiger partial charge is 0.456 e. The van der Waals surface area contributed by atoms with Crippen LogP contribution >= 0.6 is 0 Å². The third-order valence-corrected chi connectivity index (χ3v) is 7.81. The maximum atomic E-state index is 13.5. The molecule has 2 aliphatic rings. The number of anilines is 3. The van der Waals surface area contributed by atoms with Gasteiger partial charge in [-0.3, -0.25) is 0 Å². The second-order valence-corrected chi connectivity index (χ2v) is 10.1. The van der Waals surface area contributed by atoms with Crippen LogP contribution in [0.5, 0.6) is 11.5 Å². The summed E-state index contributed by atoms with van der Waals surface area (Å²) in [4.78, 5) is 15.8. The fourth-order valence-electron chi connectivity index (χ4n) is 6.06. The highest BCUT2D eigenvalue weighted by Crippen LogP contribution is 2.59. The number of fused-ring (bicyclic) bond motifs is 6. The predicted molar refractivity (Wildman–Crippen MR) is 158 cm³/mol. The number of hydrogen-bond acceptors (Lipinski definition) is 6. The van der Waals surface area contributed by atoms with Gasteiger partial charge < -0.3 is 24.4 Å². The fraction of sp³-hybridized carbons (Fsp3) is 0.265. The van der Waals surface area contributed by atoms with E-state index in [1.807, 2.05) is 79.7 Å².